The molecule has 0 spiro atoms. The van der Waals surface area contributed by atoms with Gasteiger partial charge in [-0.3, -0.25) is 9.59 Å². The number of anilines is 2. The molecule has 0 unspecified atom stereocenters. The van der Waals surface area contributed by atoms with Crippen LogP contribution in [0.1, 0.15) is 55.6 Å². The van der Waals surface area contributed by atoms with Crippen LogP contribution in [0.4, 0.5) is 28.9 Å². The number of carbonyl (C=O) groups excluding carboxylic acids is 1. The van der Waals surface area contributed by atoms with Crippen LogP contribution in [0.25, 0.3) is 0 Å². The highest BCUT2D eigenvalue weighted by Gasteiger charge is 2.43. The van der Waals surface area contributed by atoms with Crippen molar-refractivity contribution in [2.75, 3.05) is 23.3 Å². The highest BCUT2D eigenvalue weighted by atomic mass is 19.4. The predicted molar refractivity (Wildman–Crippen MR) is 124 cm³/mol. The van der Waals surface area contributed by atoms with E-state index < -0.39 is 52.9 Å². The Hall–Kier alpha value is -3.10. The summed E-state index contributed by atoms with van der Waals surface area (Å²) in [7, 11) is 0. The van der Waals surface area contributed by atoms with Gasteiger partial charge in [0.25, 0.3) is 0 Å². The first-order chi connectivity index (χ1) is 16.6. The summed E-state index contributed by atoms with van der Waals surface area (Å²) in [5.41, 5.74) is 0.349. The summed E-state index contributed by atoms with van der Waals surface area (Å²) < 4.78 is 52.7. The first-order valence-electron chi connectivity index (χ1n) is 11.9. The summed E-state index contributed by atoms with van der Waals surface area (Å²) in [6, 6.07) is 9.66. The summed E-state index contributed by atoms with van der Waals surface area (Å²) in [6.07, 6.45) is 0.292. The standard InChI is InChI=1S/C26H28F4N2O3/c27-21-15-17(26(28,29)30)9-12-22(21)31-24(33)20-6-4-5-19(23(20)25(34)35)16-7-10-18(11-8-16)32-13-2-1-3-14-32/h7-12,15,19-20,23H,1-6,13-14H2,(H,31,33)(H,34,35)/t19-,20-,23-/m1/s1. The number of alkyl halides is 3. The fourth-order valence-corrected chi connectivity index (χ4v) is 5.31. The number of amides is 1. The maximum absolute atomic E-state index is 14.3. The molecule has 0 aromatic heterocycles. The lowest BCUT2D eigenvalue weighted by molar-refractivity contribution is -0.148. The van der Waals surface area contributed by atoms with Gasteiger partial charge < -0.3 is 15.3 Å². The molecule has 1 saturated heterocycles. The molecule has 2 aliphatic rings. The Morgan fingerprint density at radius 2 is 1.63 bits per heavy atom. The maximum Gasteiger partial charge on any atom is 0.416 e. The molecule has 1 amide bonds. The van der Waals surface area contributed by atoms with E-state index >= 15 is 0 Å². The van der Waals surface area contributed by atoms with Gasteiger partial charge in [-0.2, -0.15) is 13.2 Å². The van der Waals surface area contributed by atoms with Crippen molar-refractivity contribution >= 4 is 23.3 Å². The molecule has 5 nitrogen and oxygen atoms in total. The summed E-state index contributed by atoms with van der Waals surface area (Å²) in [6.45, 7) is 1.98. The van der Waals surface area contributed by atoms with Gasteiger partial charge in [-0.05, 0) is 73.9 Å². The van der Waals surface area contributed by atoms with Gasteiger partial charge in [-0.1, -0.05) is 18.6 Å². The van der Waals surface area contributed by atoms with Gasteiger partial charge in [0, 0.05) is 18.8 Å². The minimum Gasteiger partial charge on any atom is -0.481 e. The largest absolute Gasteiger partial charge is 0.481 e. The number of halogens is 4. The average molecular weight is 493 g/mol. The number of benzene rings is 2. The van der Waals surface area contributed by atoms with Crippen molar-refractivity contribution in [2.24, 2.45) is 11.8 Å². The number of nitrogens with zero attached hydrogens (tertiary/aromatic N) is 1. The summed E-state index contributed by atoms with van der Waals surface area (Å²) in [4.78, 5) is 27.5. The Kier molecular flexibility index (Phi) is 7.33. The van der Waals surface area contributed by atoms with Crippen LogP contribution >= 0.6 is 0 Å². The molecule has 35 heavy (non-hydrogen) atoms. The number of piperidine rings is 1. The van der Waals surface area contributed by atoms with Crippen molar-refractivity contribution in [1.29, 1.82) is 0 Å². The number of carbonyl (C=O) groups is 2. The molecule has 1 heterocycles. The zero-order valence-corrected chi connectivity index (χ0v) is 19.2. The second-order valence-corrected chi connectivity index (χ2v) is 9.33. The van der Waals surface area contributed by atoms with Crippen molar-refractivity contribution < 1.29 is 32.3 Å². The van der Waals surface area contributed by atoms with E-state index in [9.17, 15) is 32.3 Å². The number of rotatable bonds is 5. The van der Waals surface area contributed by atoms with E-state index in [4.69, 9.17) is 0 Å². The topological polar surface area (TPSA) is 69.6 Å². The van der Waals surface area contributed by atoms with Crippen molar-refractivity contribution in [2.45, 2.75) is 50.6 Å². The van der Waals surface area contributed by atoms with Gasteiger partial charge in [-0.15, -0.1) is 0 Å². The lowest BCUT2D eigenvalue weighted by atomic mass is 9.69. The third-order valence-corrected chi connectivity index (χ3v) is 7.12. The average Bonchev–Trinajstić information content (AvgIpc) is 2.84. The zero-order chi connectivity index (χ0) is 25.2. The fourth-order valence-electron chi connectivity index (χ4n) is 5.31. The van der Waals surface area contributed by atoms with Crippen LogP contribution in [0, 0.1) is 17.7 Å². The van der Waals surface area contributed by atoms with Crippen molar-refractivity contribution in [3.63, 3.8) is 0 Å². The first-order valence-corrected chi connectivity index (χ1v) is 11.9. The predicted octanol–water partition coefficient (Wildman–Crippen LogP) is 6.06. The fraction of sp³-hybridized carbons (Fsp3) is 0.462. The Morgan fingerprint density at radius 3 is 2.23 bits per heavy atom. The van der Waals surface area contributed by atoms with E-state index in [1.54, 1.807) is 0 Å². The zero-order valence-electron chi connectivity index (χ0n) is 19.2. The molecule has 4 rings (SSSR count). The summed E-state index contributed by atoms with van der Waals surface area (Å²) in [5.74, 6) is -5.41. The second-order valence-electron chi connectivity index (χ2n) is 9.33. The van der Waals surface area contributed by atoms with Gasteiger partial charge in [0.05, 0.1) is 23.1 Å². The molecule has 9 heteroatoms. The van der Waals surface area contributed by atoms with E-state index in [2.05, 4.69) is 10.2 Å². The molecule has 1 aliphatic heterocycles. The Balaban J connectivity index is 1.51. The van der Waals surface area contributed by atoms with Gasteiger partial charge in [0.15, 0.2) is 0 Å². The third-order valence-electron chi connectivity index (χ3n) is 7.12. The minimum absolute atomic E-state index is 0.299. The van der Waals surface area contributed by atoms with Crippen LogP contribution in [0.2, 0.25) is 0 Å². The molecule has 188 valence electrons. The molecule has 0 bridgehead atoms. The number of aliphatic carboxylic acids is 1. The first kappa shape index (κ1) is 25.0. The number of carboxylic acids is 1. The lowest BCUT2D eigenvalue weighted by Crippen LogP contribution is -2.40. The molecule has 2 fully saturated rings. The summed E-state index contributed by atoms with van der Waals surface area (Å²) in [5, 5.41) is 12.3. The van der Waals surface area contributed by atoms with Crippen LogP contribution in [0.15, 0.2) is 42.5 Å². The molecular weight excluding hydrogens is 464 g/mol. The van der Waals surface area contributed by atoms with E-state index in [1.807, 2.05) is 24.3 Å². The van der Waals surface area contributed by atoms with E-state index in [-0.39, 0.29) is 0 Å². The highest BCUT2D eigenvalue weighted by molar-refractivity contribution is 5.95. The number of hydrogen-bond acceptors (Lipinski definition) is 3. The summed E-state index contributed by atoms with van der Waals surface area (Å²) >= 11 is 0. The van der Waals surface area contributed by atoms with Crippen LogP contribution in [0.3, 0.4) is 0 Å². The van der Waals surface area contributed by atoms with Crippen LogP contribution in [0.5, 0.6) is 0 Å². The van der Waals surface area contributed by atoms with Gasteiger partial charge >= 0.3 is 12.1 Å². The quantitative estimate of drug-likeness (QED) is 0.498. The minimum atomic E-state index is -4.71. The van der Waals surface area contributed by atoms with Crippen LogP contribution in [-0.2, 0) is 15.8 Å². The normalized spacial score (nSPS) is 23.1. The third kappa shape index (κ3) is 5.60. The van der Waals surface area contributed by atoms with Crippen LogP contribution in [-0.4, -0.2) is 30.1 Å². The molecule has 2 N–H and O–H groups in total. The monoisotopic (exact) mass is 492 g/mol. The van der Waals surface area contributed by atoms with E-state index in [0.717, 1.165) is 43.2 Å². The van der Waals surface area contributed by atoms with E-state index in [1.165, 1.54) is 6.42 Å². The highest BCUT2D eigenvalue weighted by Crippen LogP contribution is 2.43. The maximum atomic E-state index is 14.3. The molecule has 3 atom stereocenters. The number of nitrogens with one attached hydrogen (secondary N) is 1. The van der Waals surface area contributed by atoms with Gasteiger partial charge in [0.2, 0.25) is 5.91 Å². The van der Waals surface area contributed by atoms with Gasteiger partial charge in [0.1, 0.15) is 5.82 Å². The van der Waals surface area contributed by atoms with Crippen LogP contribution < -0.4 is 10.2 Å². The smallest absolute Gasteiger partial charge is 0.416 e. The molecule has 1 aliphatic carbocycles. The van der Waals surface area contributed by atoms with Crippen molar-refractivity contribution in [1.82, 2.24) is 0 Å². The number of hydrogen-bond donors (Lipinski definition) is 2. The SMILES string of the molecule is O=C(O)[C@@H]1[C@@H](c2ccc(N3CCCCC3)cc2)CCC[C@H]1C(=O)Nc1ccc(C(F)(F)F)cc1F. The second kappa shape index (κ2) is 10.3. The Morgan fingerprint density at radius 1 is 0.943 bits per heavy atom. The Labute approximate surface area is 201 Å². The molecule has 2 aromatic carbocycles. The Bertz CT molecular complexity index is 1070. The molecule has 1 saturated carbocycles. The van der Waals surface area contributed by atoms with Crippen molar-refractivity contribution in [3.05, 3.63) is 59.4 Å². The number of carboxylic acid groups (broad SMARTS) is 1. The van der Waals surface area contributed by atoms with E-state index in [0.29, 0.717) is 31.4 Å². The lowest BCUT2D eigenvalue weighted by Gasteiger charge is -2.35. The molecular formula is C26H28F4N2O3. The van der Waals surface area contributed by atoms with Crippen molar-refractivity contribution in [3.8, 4) is 0 Å². The molecule has 0 radical (unpaired) electrons. The van der Waals surface area contributed by atoms with Gasteiger partial charge in [-0.25, -0.2) is 4.39 Å². The molecule has 2 aromatic rings.